The minimum atomic E-state index is -4.80. The Morgan fingerprint density at radius 1 is 1.36 bits per heavy atom. The molecule has 2 fully saturated rings. The second kappa shape index (κ2) is 4.37. The number of aryl methyl sites for hydroxylation is 1. The van der Waals surface area contributed by atoms with Crippen LogP contribution in [-0.4, -0.2) is 34.1 Å². The number of hydrogen-bond donors (Lipinski definition) is 0. The molecule has 22 heavy (non-hydrogen) atoms. The van der Waals surface area contributed by atoms with E-state index in [0.29, 0.717) is 30.8 Å². The van der Waals surface area contributed by atoms with Gasteiger partial charge in [0.05, 0.1) is 0 Å². The fourth-order valence-corrected chi connectivity index (χ4v) is 4.95. The van der Waals surface area contributed by atoms with Gasteiger partial charge in [0, 0.05) is 23.2 Å². The van der Waals surface area contributed by atoms with Crippen molar-refractivity contribution in [3.8, 4) is 0 Å². The predicted molar refractivity (Wildman–Crippen MR) is 73.6 cm³/mol. The summed E-state index contributed by atoms with van der Waals surface area (Å²) in [4.78, 5) is 17.2. The second-order valence-electron chi connectivity index (χ2n) is 6.45. The van der Waals surface area contributed by atoms with Crippen LogP contribution in [0.4, 0.5) is 13.2 Å². The van der Waals surface area contributed by atoms with Crippen LogP contribution in [0.1, 0.15) is 36.9 Å². The number of carbonyl (C=O) groups excluding carboxylic acids is 1. The normalized spacial score (nSPS) is 32.8. The quantitative estimate of drug-likeness (QED) is 0.684. The maximum Gasteiger partial charge on any atom is 0.471 e. The largest absolute Gasteiger partial charge is 0.471 e. The van der Waals surface area contributed by atoms with Crippen molar-refractivity contribution in [2.45, 2.75) is 55.8 Å². The molecule has 7 heteroatoms. The summed E-state index contributed by atoms with van der Waals surface area (Å²) in [6.45, 7) is 0. The van der Waals surface area contributed by atoms with Crippen molar-refractivity contribution in [3.63, 3.8) is 0 Å². The van der Waals surface area contributed by atoms with Crippen LogP contribution in [0.15, 0.2) is 12.1 Å². The van der Waals surface area contributed by atoms with E-state index in [0.717, 1.165) is 22.6 Å². The molecule has 0 aromatic carbocycles. The van der Waals surface area contributed by atoms with Gasteiger partial charge >= 0.3 is 12.1 Å². The van der Waals surface area contributed by atoms with E-state index in [2.05, 4.69) is 4.98 Å². The zero-order valence-corrected chi connectivity index (χ0v) is 12.4. The van der Waals surface area contributed by atoms with Gasteiger partial charge in [-0.15, -0.1) is 0 Å². The maximum atomic E-state index is 12.9. The molecule has 0 saturated carbocycles. The first kappa shape index (κ1) is 14.3. The van der Waals surface area contributed by atoms with Crippen molar-refractivity contribution in [1.29, 1.82) is 0 Å². The van der Waals surface area contributed by atoms with E-state index < -0.39 is 12.1 Å². The second-order valence-corrected chi connectivity index (χ2v) is 6.83. The number of nitrogens with zero attached hydrogens (tertiary/aromatic N) is 2. The summed E-state index contributed by atoms with van der Waals surface area (Å²) in [6, 6.07) is 2.90. The number of aromatic nitrogens is 1. The Labute approximate surface area is 130 Å². The third kappa shape index (κ3) is 1.76. The van der Waals surface area contributed by atoms with Crippen LogP contribution >= 0.6 is 11.6 Å². The summed E-state index contributed by atoms with van der Waals surface area (Å²) in [5.41, 5.74) is 1.50. The van der Waals surface area contributed by atoms with E-state index in [4.69, 9.17) is 11.6 Å². The highest BCUT2D eigenvalue weighted by molar-refractivity contribution is 6.29. The van der Waals surface area contributed by atoms with Crippen molar-refractivity contribution in [2.24, 2.45) is 0 Å². The lowest BCUT2D eigenvalue weighted by Crippen LogP contribution is -2.47. The number of rotatable bonds is 0. The molecule has 1 aliphatic carbocycles. The molecule has 4 rings (SSSR count). The fourth-order valence-electron chi connectivity index (χ4n) is 4.79. The summed E-state index contributed by atoms with van der Waals surface area (Å²) >= 11 is 5.91. The third-order valence-electron chi connectivity index (χ3n) is 5.50. The number of fused-ring (bicyclic) bond motifs is 5. The summed E-state index contributed by atoms with van der Waals surface area (Å²) < 4.78 is 38.6. The molecule has 3 aliphatic rings. The molecule has 2 bridgehead atoms. The van der Waals surface area contributed by atoms with E-state index in [9.17, 15) is 18.0 Å². The van der Waals surface area contributed by atoms with Crippen LogP contribution < -0.4 is 0 Å². The van der Waals surface area contributed by atoms with Crippen LogP contribution in [0.5, 0.6) is 0 Å². The zero-order chi connectivity index (χ0) is 15.7. The molecule has 3 atom stereocenters. The zero-order valence-electron chi connectivity index (χ0n) is 11.7. The Morgan fingerprint density at radius 2 is 2.14 bits per heavy atom. The maximum absolute atomic E-state index is 12.9. The molecule has 2 aliphatic heterocycles. The lowest BCUT2D eigenvalue weighted by Gasteiger charge is -2.34. The standard InChI is InChI=1S/C15H14ClF3N2O/c16-12-4-2-9-10(20-12)5-6-14(9)7-8-1-3-11(14)21(8)13(22)15(17,18)19/h2,4,8,11H,1,3,5-7H2/t8-,11+,14-/m0/s1. The van der Waals surface area contributed by atoms with Gasteiger partial charge in [0.2, 0.25) is 0 Å². The first-order chi connectivity index (χ1) is 10.3. The highest BCUT2D eigenvalue weighted by atomic mass is 35.5. The molecular formula is C15H14ClF3N2O. The van der Waals surface area contributed by atoms with Gasteiger partial charge in [-0.3, -0.25) is 4.79 Å². The van der Waals surface area contributed by atoms with Crippen LogP contribution in [0.2, 0.25) is 5.15 Å². The van der Waals surface area contributed by atoms with Crippen LogP contribution in [0, 0.1) is 0 Å². The molecule has 118 valence electrons. The molecule has 1 amide bonds. The highest BCUT2D eigenvalue weighted by Gasteiger charge is 2.63. The number of halogens is 4. The first-order valence-electron chi connectivity index (χ1n) is 7.38. The number of carbonyl (C=O) groups is 1. The number of alkyl halides is 3. The van der Waals surface area contributed by atoms with E-state index in [-0.39, 0.29) is 17.5 Å². The Bertz CT molecular complexity index is 663. The number of pyridine rings is 1. The lowest BCUT2D eigenvalue weighted by molar-refractivity contribution is -0.187. The van der Waals surface area contributed by atoms with Gasteiger partial charge in [0.1, 0.15) is 5.15 Å². The molecule has 0 radical (unpaired) electrons. The van der Waals surface area contributed by atoms with Crippen molar-refractivity contribution < 1.29 is 18.0 Å². The van der Waals surface area contributed by atoms with E-state index >= 15 is 0 Å². The van der Waals surface area contributed by atoms with Crippen LogP contribution in [0.3, 0.4) is 0 Å². The predicted octanol–water partition coefficient (Wildman–Crippen LogP) is 3.24. The van der Waals surface area contributed by atoms with Gasteiger partial charge in [-0.25, -0.2) is 4.98 Å². The molecule has 3 heterocycles. The molecule has 1 aromatic heterocycles. The first-order valence-corrected chi connectivity index (χ1v) is 7.76. The van der Waals surface area contributed by atoms with Gasteiger partial charge in [0.15, 0.2) is 0 Å². The van der Waals surface area contributed by atoms with Crippen LogP contribution in [0.25, 0.3) is 0 Å². The molecule has 2 saturated heterocycles. The molecule has 0 unspecified atom stereocenters. The van der Waals surface area contributed by atoms with E-state index in [1.807, 2.05) is 6.07 Å². The average molecular weight is 331 g/mol. The van der Waals surface area contributed by atoms with E-state index in [1.165, 1.54) is 0 Å². The molecule has 3 nitrogen and oxygen atoms in total. The smallest absolute Gasteiger partial charge is 0.328 e. The average Bonchev–Trinajstić information content (AvgIpc) is 3.09. The summed E-state index contributed by atoms with van der Waals surface area (Å²) in [5, 5.41) is 0.405. The van der Waals surface area contributed by atoms with Gasteiger partial charge in [-0.05, 0) is 43.7 Å². The Kier molecular flexibility index (Phi) is 2.84. The minimum absolute atomic E-state index is 0.305. The topological polar surface area (TPSA) is 33.2 Å². The van der Waals surface area contributed by atoms with Crippen LogP contribution in [-0.2, 0) is 16.6 Å². The third-order valence-corrected chi connectivity index (χ3v) is 5.71. The van der Waals surface area contributed by atoms with Crippen molar-refractivity contribution in [3.05, 3.63) is 28.5 Å². The fraction of sp³-hybridized carbons (Fsp3) is 0.600. The Morgan fingerprint density at radius 3 is 2.86 bits per heavy atom. The lowest BCUT2D eigenvalue weighted by atomic mass is 9.70. The SMILES string of the molecule is O=C(N1[C@H]2CC[C@@H]1[C@@]1(CCc3nc(Cl)ccc31)C2)C(F)(F)F. The summed E-state index contributed by atoms with van der Waals surface area (Å²) in [7, 11) is 0. The summed E-state index contributed by atoms with van der Waals surface area (Å²) in [6.07, 6.45) is -1.44. The van der Waals surface area contributed by atoms with Gasteiger partial charge in [-0.2, -0.15) is 13.2 Å². The van der Waals surface area contributed by atoms with Gasteiger partial charge < -0.3 is 4.90 Å². The number of hydrogen-bond acceptors (Lipinski definition) is 2. The molecule has 1 spiro atoms. The Balaban J connectivity index is 1.75. The number of amides is 1. The summed E-state index contributed by atoms with van der Waals surface area (Å²) in [5.74, 6) is -1.69. The highest BCUT2D eigenvalue weighted by Crippen LogP contribution is 2.57. The monoisotopic (exact) mass is 330 g/mol. The minimum Gasteiger partial charge on any atom is -0.328 e. The van der Waals surface area contributed by atoms with Crippen molar-refractivity contribution >= 4 is 17.5 Å². The Hall–Kier alpha value is -1.30. The molecule has 0 N–H and O–H groups in total. The van der Waals surface area contributed by atoms with Gasteiger partial charge in [-0.1, -0.05) is 17.7 Å². The molecule has 1 aromatic rings. The van der Waals surface area contributed by atoms with E-state index in [1.54, 1.807) is 6.07 Å². The van der Waals surface area contributed by atoms with Gasteiger partial charge in [0.25, 0.3) is 0 Å². The van der Waals surface area contributed by atoms with Crippen molar-refractivity contribution in [2.75, 3.05) is 0 Å². The molecular weight excluding hydrogens is 317 g/mol. The van der Waals surface area contributed by atoms with Crippen molar-refractivity contribution in [1.82, 2.24) is 9.88 Å².